The van der Waals surface area contributed by atoms with Crippen molar-refractivity contribution in [1.82, 2.24) is 10.2 Å². The summed E-state index contributed by atoms with van der Waals surface area (Å²) in [6, 6.07) is 6.95. The SMILES string of the molecule is Cc1ccc(Br)cc1NCC(C)N1CCNCC1. The third kappa shape index (κ3) is 3.70. The second-order valence-corrected chi connectivity index (χ2v) is 5.89. The van der Waals surface area contributed by atoms with E-state index < -0.39 is 0 Å². The molecule has 1 aliphatic heterocycles. The van der Waals surface area contributed by atoms with E-state index in [0.717, 1.165) is 37.2 Å². The van der Waals surface area contributed by atoms with Gasteiger partial charge in [0.25, 0.3) is 0 Å². The van der Waals surface area contributed by atoms with Gasteiger partial charge in [0.05, 0.1) is 0 Å². The Morgan fingerprint density at radius 1 is 1.39 bits per heavy atom. The average Bonchev–Trinajstić information content (AvgIpc) is 2.40. The van der Waals surface area contributed by atoms with Crippen molar-refractivity contribution in [1.29, 1.82) is 0 Å². The maximum atomic E-state index is 3.56. The lowest BCUT2D eigenvalue weighted by Crippen LogP contribution is -2.49. The summed E-state index contributed by atoms with van der Waals surface area (Å²) in [4.78, 5) is 2.54. The van der Waals surface area contributed by atoms with Crippen LogP contribution in [0.4, 0.5) is 5.69 Å². The number of piperazine rings is 1. The van der Waals surface area contributed by atoms with E-state index in [0.29, 0.717) is 6.04 Å². The Hall–Kier alpha value is -0.580. The van der Waals surface area contributed by atoms with Gasteiger partial charge in [0.15, 0.2) is 0 Å². The first-order chi connectivity index (χ1) is 8.66. The molecule has 0 bridgehead atoms. The molecule has 1 aromatic carbocycles. The van der Waals surface area contributed by atoms with Gasteiger partial charge >= 0.3 is 0 Å². The number of nitrogens with zero attached hydrogens (tertiary/aromatic N) is 1. The Kier molecular flexibility index (Phi) is 5.03. The molecule has 2 rings (SSSR count). The Balaban J connectivity index is 1.88. The second kappa shape index (κ2) is 6.55. The summed E-state index contributed by atoms with van der Waals surface area (Å²) in [7, 11) is 0. The summed E-state index contributed by atoms with van der Waals surface area (Å²) >= 11 is 3.52. The molecule has 1 aliphatic rings. The van der Waals surface area contributed by atoms with Crippen LogP contribution in [0.15, 0.2) is 22.7 Å². The van der Waals surface area contributed by atoms with Crippen LogP contribution in [0.25, 0.3) is 0 Å². The van der Waals surface area contributed by atoms with Crippen LogP contribution in [0.1, 0.15) is 12.5 Å². The van der Waals surface area contributed by atoms with Gasteiger partial charge in [-0.25, -0.2) is 0 Å². The van der Waals surface area contributed by atoms with Gasteiger partial charge in [-0.1, -0.05) is 22.0 Å². The molecule has 1 saturated heterocycles. The third-order valence-corrected chi connectivity index (χ3v) is 4.06. The fraction of sp³-hybridized carbons (Fsp3) is 0.571. The largest absolute Gasteiger partial charge is 0.383 e. The zero-order chi connectivity index (χ0) is 13.0. The van der Waals surface area contributed by atoms with E-state index in [1.54, 1.807) is 0 Å². The number of nitrogens with one attached hydrogen (secondary N) is 2. The highest BCUT2D eigenvalue weighted by Gasteiger charge is 2.16. The first kappa shape index (κ1) is 13.8. The third-order valence-electron chi connectivity index (χ3n) is 3.56. The van der Waals surface area contributed by atoms with Crippen LogP contribution in [0.5, 0.6) is 0 Å². The molecule has 0 amide bonds. The van der Waals surface area contributed by atoms with Crippen molar-refractivity contribution in [3.63, 3.8) is 0 Å². The van der Waals surface area contributed by atoms with Crippen LogP contribution in [0.3, 0.4) is 0 Å². The minimum atomic E-state index is 0.575. The summed E-state index contributed by atoms with van der Waals surface area (Å²) in [5.41, 5.74) is 2.53. The van der Waals surface area contributed by atoms with Crippen molar-refractivity contribution in [3.8, 4) is 0 Å². The van der Waals surface area contributed by atoms with Crippen LogP contribution in [0.2, 0.25) is 0 Å². The molecule has 1 heterocycles. The lowest BCUT2D eigenvalue weighted by Gasteiger charge is -2.33. The molecule has 0 radical (unpaired) electrons. The van der Waals surface area contributed by atoms with Crippen LogP contribution in [-0.2, 0) is 0 Å². The topological polar surface area (TPSA) is 27.3 Å². The zero-order valence-corrected chi connectivity index (χ0v) is 12.8. The summed E-state index contributed by atoms with van der Waals surface area (Å²) in [5.74, 6) is 0. The number of anilines is 1. The normalized spacial score (nSPS) is 18.6. The molecule has 1 atom stereocenters. The number of halogens is 1. The molecule has 1 unspecified atom stereocenters. The van der Waals surface area contributed by atoms with Gasteiger partial charge in [-0.3, -0.25) is 4.90 Å². The maximum Gasteiger partial charge on any atom is 0.0381 e. The number of benzene rings is 1. The highest BCUT2D eigenvalue weighted by molar-refractivity contribution is 9.10. The second-order valence-electron chi connectivity index (χ2n) is 4.98. The average molecular weight is 312 g/mol. The molecular weight excluding hydrogens is 290 g/mol. The van der Waals surface area contributed by atoms with Crippen molar-refractivity contribution in [2.45, 2.75) is 19.9 Å². The first-order valence-corrected chi connectivity index (χ1v) is 7.41. The lowest BCUT2D eigenvalue weighted by molar-refractivity contribution is 0.191. The van der Waals surface area contributed by atoms with Crippen LogP contribution in [0, 0.1) is 6.92 Å². The van der Waals surface area contributed by atoms with Gasteiger partial charge in [-0.2, -0.15) is 0 Å². The number of rotatable bonds is 4. The predicted molar refractivity (Wildman–Crippen MR) is 81.3 cm³/mol. The van der Waals surface area contributed by atoms with E-state index in [2.05, 4.69) is 63.5 Å². The van der Waals surface area contributed by atoms with Gasteiger partial charge < -0.3 is 10.6 Å². The smallest absolute Gasteiger partial charge is 0.0381 e. The van der Waals surface area contributed by atoms with Gasteiger partial charge in [0.1, 0.15) is 0 Å². The fourth-order valence-electron chi connectivity index (χ4n) is 2.29. The van der Waals surface area contributed by atoms with E-state index in [4.69, 9.17) is 0 Å². The molecular formula is C14H22BrN3. The molecule has 0 spiro atoms. The number of hydrogen-bond donors (Lipinski definition) is 2. The molecule has 0 saturated carbocycles. The quantitative estimate of drug-likeness (QED) is 0.894. The molecule has 1 fully saturated rings. The standard InChI is InChI=1S/C14H22BrN3/c1-11-3-4-13(15)9-14(11)17-10-12(2)18-7-5-16-6-8-18/h3-4,9,12,16-17H,5-8,10H2,1-2H3. The van der Waals surface area contributed by atoms with Crippen LogP contribution < -0.4 is 10.6 Å². The van der Waals surface area contributed by atoms with Crippen molar-refractivity contribution < 1.29 is 0 Å². The highest BCUT2D eigenvalue weighted by atomic mass is 79.9. The molecule has 1 aromatic rings. The van der Waals surface area contributed by atoms with Crippen molar-refractivity contribution in [2.75, 3.05) is 38.0 Å². The van der Waals surface area contributed by atoms with Crippen molar-refractivity contribution in [3.05, 3.63) is 28.2 Å². The maximum absolute atomic E-state index is 3.56. The van der Waals surface area contributed by atoms with Gasteiger partial charge in [-0.15, -0.1) is 0 Å². The molecule has 2 N–H and O–H groups in total. The minimum Gasteiger partial charge on any atom is -0.383 e. The van der Waals surface area contributed by atoms with Gasteiger partial charge in [0, 0.05) is 48.9 Å². The molecule has 0 aromatic heterocycles. The van der Waals surface area contributed by atoms with E-state index in [1.165, 1.54) is 11.3 Å². The lowest BCUT2D eigenvalue weighted by atomic mass is 10.2. The molecule has 4 heteroatoms. The van der Waals surface area contributed by atoms with Gasteiger partial charge in [-0.05, 0) is 31.5 Å². The summed E-state index contributed by atoms with van der Waals surface area (Å²) in [5, 5.41) is 6.95. The van der Waals surface area contributed by atoms with Crippen molar-refractivity contribution in [2.24, 2.45) is 0 Å². The Bertz CT molecular complexity index is 389. The first-order valence-electron chi connectivity index (χ1n) is 6.61. The highest BCUT2D eigenvalue weighted by Crippen LogP contribution is 2.20. The van der Waals surface area contributed by atoms with Crippen LogP contribution >= 0.6 is 15.9 Å². The van der Waals surface area contributed by atoms with Crippen molar-refractivity contribution >= 4 is 21.6 Å². The van der Waals surface area contributed by atoms with E-state index in [1.807, 2.05) is 0 Å². The van der Waals surface area contributed by atoms with Gasteiger partial charge in [0.2, 0.25) is 0 Å². The molecule has 0 aliphatic carbocycles. The Morgan fingerprint density at radius 2 is 2.11 bits per heavy atom. The van der Waals surface area contributed by atoms with E-state index >= 15 is 0 Å². The van der Waals surface area contributed by atoms with E-state index in [9.17, 15) is 0 Å². The summed E-state index contributed by atoms with van der Waals surface area (Å²) in [6.45, 7) is 9.97. The number of aryl methyl sites for hydroxylation is 1. The predicted octanol–water partition coefficient (Wildman–Crippen LogP) is 2.46. The summed E-state index contributed by atoms with van der Waals surface area (Å²) < 4.78 is 1.13. The molecule has 100 valence electrons. The Morgan fingerprint density at radius 3 is 2.83 bits per heavy atom. The number of hydrogen-bond acceptors (Lipinski definition) is 3. The molecule has 18 heavy (non-hydrogen) atoms. The minimum absolute atomic E-state index is 0.575. The summed E-state index contributed by atoms with van der Waals surface area (Å²) in [6.07, 6.45) is 0. The Labute approximate surface area is 118 Å². The van der Waals surface area contributed by atoms with E-state index in [-0.39, 0.29) is 0 Å². The monoisotopic (exact) mass is 311 g/mol. The molecule has 3 nitrogen and oxygen atoms in total. The fourth-order valence-corrected chi connectivity index (χ4v) is 2.66. The van der Waals surface area contributed by atoms with Crippen LogP contribution in [-0.4, -0.2) is 43.7 Å². The zero-order valence-electron chi connectivity index (χ0n) is 11.2.